The fraction of sp³-hybridized carbons (Fsp3) is 0.172. The average molecular weight is 543 g/mol. The van der Waals surface area contributed by atoms with Gasteiger partial charge >= 0.3 is 0 Å². The second kappa shape index (κ2) is 11.8. The number of aromatic nitrogens is 1. The number of amides is 3. The molecule has 0 radical (unpaired) electrons. The molecule has 1 aromatic heterocycles. The summed E-state index contributed by atoms with van der Waals surface area (Å²) >= 11 is 0.775. The van der Waals surface area contributed by atoms with Crippen molar-refractivity contribution in [2.75, 3.05) is 29.6 Å². The summed E-state index contributed by atoms with van der Waals surface area (Å²) in [5, 5.41) is 2.98. The highest BCUT2D eigenvalue weighted by molar-refractivity contribution is 7.09. The molecular formula is C29H30N6O3S. The zero-order valence-electron chi connectivity index (χ0n) is 21.9. The highest BCUT2D eigenvalue weighted by atomic mass is 32.1. The van der Waals surface area contributed by atoms with E-state index in [9.17, 15) is 14.4 Å². The summed E-state index contributed by atoms with van der Waals surface area (Å²) in [6.07, 6.45) is 0. The summed E-state index contributed by atoms with van der Waals surface area (Å²) in [6.45, 7) is 2.17. The summed E-state index contributed by atoms with van der Waals surface area (Å²) in [7, 11) is 3.84. The monoisotopic (exact) mass is 542 g/mol. The zero-order chi connectivity index (χ0) is 28.1. The maximum Gasteiger partial charge on any atom is 0.273 e. The normalized spacial score (nSPS) is 11.5. The topological polar surface area (TPSA) is 135 Å². The first kappa shape index (κ1) is 27.3. The van der Waals surface area contributed by atoms with Gasteiger partial charge in [-0.3, -0.25) is 19.3 Å². The molecule has 9 nitrogen and oxygen atoms in total. The molecule has 0 saturated heterocycles. The Balaban J connectivity index is 1.84. The van der Waals surface area contributed by atoms with E-state index in [1.807, 2.05) is 98.7 Å². The van der Waals surface area contributed by atoms with Crippen molar-refractivity contribution in [2.24, 2.45) is 5.73 Å². The number of carbonyl (C=O) groups excluding carboxylic acids is 3. The minimum Gasteiger partial charge on any atom is -0.395 e. The summed E-state index contributed by atoms with van der Waals surface area (Å²) < 4.78 is 4.00. The predicted octanol–water partition coefficient (Wildman–Crippen LogP) is 3.90. The summed E-state index contributed by atoms with van der Waals surface area (Å²) in [5.74, 6) is -1.79. The van der Waals surface area contributed by atoms with E-state index in [-0.39, 0.29) is 28.7 Å². The van der Waals surface area contributed by atoms with Crippen LogP contribution in [-0.4, -0.2) is 36.2 Å². The minimum atomic E-state index is -1.06. The van der Waals surface area contributed by atoms with Crippen LogP contribution >= 0.6 is 11.5 Å². The van der Waals surface area contributed by atoms with Crippen LogP contribution in [0.15, 0.2) is 78.9 Å². The number of nitrogens with two attached hydrogens (primary N) is 2. The van der Waals surface area contributed by atoms with Gasteiger partial charge in [-0.05, 0) is 59.4 Å². The Labute approximate surface area is 231 Å². The number of rotatable bonds is 9. The van der Waals surface area contributed by atoms with Gasteiger partial charge in [0.15, 0.2) is 5.69 Å². The van der Waals surface area contributed by atoms with Crippen molar-refractivity contribution in [3.05, 3.63) is 106 Å². The molecule has 39 heavy (non-hydrogen) atoms. The first-order valence-corrected chi connectivity index (χ1v) is 13.0. The third-order valence-electron chi connectivity index (χ3n) is 6.20. The number of nitrogen functional groups attached to an aromatic ring is 1. The van der Waals surface area contributed by atoms with E-state index in [0.29, 0.717) is 11.3 Å². The molecular weight excluding hydrogens is 512 g/mol. The summed E-state index contributed by atoms with van der Waals surface area (Å²) in [5.41, 5.74) is 15.1. The standard InChI is InChI=1S/C29H30N6O3S/c1-18-8-7-11-22(16-18)35(29(38)26-23(30)24(27(31)36)33-39-26)25(20-12-14-21(15-13-20)34(2)3)28(37)32-17-19-9-5-4-6-10-19/h4-16,25H,17,30H2,1-3H3,(H2,31,36)(H,32,37). The van der Waals surface area contributed by atoms with Gasteiger partial charge in [-0.2, -0.15) is 4.37 Å². The molecule has 3 aromatic carbocycles. The highest BCUT2D eigenvalue weighted by Crippen LogP contribution is 2.34. The number of primary amides is 1. The van der Waals surface area contributed by atoms with Crippen molar-refractivity contribution in [1.82, 2.24) is 9.69 Å². The number of nitrogens with zero attached hydrogens (tertiary/aromatic N) is 3. The summed E-state index contributed by atoms with van der Waals surface area (Å²) in [6, 6.07) is 23.1. The quantitative estimate of drug-likeness (QED) is 0.294. The van der Waals surface area contributed by atoms with Crippen molar-refractivity contribution in [2.45, 2.75) is 19.5 Å². The van der Waals surface area contributed by atoms with Crippen LogP contribution < -0.4 is 26.6 Å². The molecule has 1 unspecified atom stereocenters. The maximum absolute atomic E-state index is 14.2. The van der Waals surface area contributed by atoms with E-state index < -0.39 is 17.9 Å². The largest absolute Gasteiger partial charge is 0.395 e. The molecule has 0 aliphatic carbocycles. The molecule has 3 amide bonds. The second-order valence-corrected chi connectivity index (χ2v) is 10.0. The van der Waals surface area contributed by atoms with Crippen LogP contribution in [0.3, 0.4) is 0 Å². The van der Waals surface area contributed by atoms with E-state index in [0.717, 1.165) is 28.3 Å². The van der Waals surface area contributed by atoms with Crippen molar-refractivity contribution < 1.29 is 14.4 Å². The van der Waals surface area contributed by atoms with Crippen LogP contribution in [-0.2, 0) is 11.3 Å². The smallest absolute Gasteiger partial charge is 0.273 e. The number of hydrogen-bond acceptors (Lipinski definition) is 7. The molecule has 1 atom stereocenters. The predicted molar refractivity (Wildman–Crippen MR) is 155 cm³/mol. The third-order valence-corrected chi connectivity index (χ3v) is 7.05. The van der Waals surface area contributed by atoms with E-state index >= 15 is 0 Å². The fourth-order valence-corrected chi connectivity index (χ4v) is 4.90. The van der Waals surface area contributed by atoms with Crippen LogP contribution in [0.5, 0.6) is 0 Å². The molecule has 0 aliphatic heterocycles. The molecule has 1 heterocycles. The minimum absolute atomic E-state index is 0.0241. The van der Waals surface area contributed by atoms with Gasteiger partial charge in [0, 0.05) is 32.0 Å². The SMILES string of the molecule is Cc1cccc(N(C(=O)c2snc(C(N)=O)c2N)C(C(=O)NCc2ccccc2)c2ccc(N(C)C)cc2)c1. The van der Waals surface area contributed by atoms with Gasteiger partial charge in [-0.15, -0.1) is 0 Å². The number of hydrogen-bond donors (Lipinski definition) is 3. The third kappa shape index (κ3) is 6.07. The lowest BCUT2D eigenvalue weighted by Crippen LogP contribution is -2.44. The van der Waals surface area contributed by atoms with Gasteiger partial charge in [0.1, 0.15) is 10.9 Å². The van der Waals surface area contributed by atoms with Crippen LogP contribution in [0.4, 0.5) is 17.1 Å². The second-order valence-electron chi connectivity index (χ2n) is 9.24. The van der Waals surface area contributed by atoms with Crippen molar-refractivity contribution in [1.29, 1.82) is 0 Å². The Bertz CT molecular complexity index is 1480. The van der Waals surface area contributed by atoms with Crippen molar-refractivity contribution in [3.8, 4) is 0 Å². The molecule has 4 rings (SSSR count). The Morgan fingerprint density at radius 1 is 0.949 bits per heavy atom. The van der Waals surface area contributed by atoms with Gasteiger partial charge in [0.2, 0.25) is 5.91 Å². The first-order chi connectivity index (χ1) is 18.7. The number of anilines is 3. The molecule has 0 spiro atoms. The Kier molecular flexibility index (Phi) is 8.26. The van der Waals surface area contributed by atoms with Crippen molar-refractivity contribution >= 4 is 46.3 Å². The molecule has 4 aromatic rings. The molecule has 0 fully saturated rings. The lowest BCUT2D eigenvalue weighted by molar-refractivity contribution is -0.122. The number of aryl methyl sites for hydroxylation is 1. The molecule has 200 valence electrons. The van der Waals surface area contributed by atoms with Crippen LogP contribution in [0.25, 0.3) is 0 Å². The molecule has 0 bridgehead atoms. The van der Waals surface area contributed by atoms with Gasteiger partial charge in [-0.25, -0.2) is 0 Å². The van der Waals surface area contributed by atoms with Crippen molar-refractivity contribution in [3.63, 3.8) is 0 Å². The lowest BCUT2D eigenvalue weighted by atomic mass is 10.0. The Morgan fingerprint density at radius 2 is 1.64 bits per heavy atom. The maximum atomic E-state index is 14.2. The number of carbonyl (C=O) groups is 3. The van der Waals surface area contributed by atoms with E-state index in [1.165, 1.54) is 4.90 Å². The number of nitrogens with one attached hydrogen (secondary N) is 1. The Morgan fingerprint density at radius 3 is 2.23 bits per heavy atom. The van der Waals surface area contributed by atoms with Gasteiger partial charge in [-0.1, -0.05) is 54.6 Å². The first-order valence-electron chi connectivity index (χ1n) is 12.2. The van der Waals surface area contributed by atoms with E-state index in [1.54, 1.807) is 6.07 Å². The molecule has 5 N–H and O–H groups in total. The fourth-order valence-electron chi connectivity index (χ4n) is 4.15. The molecule has 0 aliphatic rings. The Hall–Kier alpha value is -4.70. The average Bonchev–Trinajstić information content (AvgIpc) is 3.32. The van der Waals surface area contributed by atoms with Gasteiger partial charge in [0.25, 0.3) is 11.8 Å². The van der Waals surface area contributed by atoms with E-state index in [4.69, 9.17) is 11.5 Å². The van der Waals surface area contributed by atoms with E-state index in [2.05, 4.69) is 9.69 Å². The number of benzene rings is 3. The molecule has 0 saturated carbocycles. The molecule has 10 heteroatoms. The van der Waals surface area contributed by atoms with Gasteiger partial charge < -0.3 is 21.7 Å². The van der Waals surface area contributed by atoms with Gasteiger partial charge in [0.05, 0.1) is 5.69 Å². The van der Waals surface area contributed by atoms with Crippen LogP contribution in [0, 0.1) is 6.92 Å². The highest BCUT2D eigenvalue weighted by Gasteiger charge is 2.36. The lowest BCUT2D eigenvalue weighted by Gasteiger charge is -2.32. The van der Waals surface area contributed by atoms with Crippen LogP contribution in [0.2, 0.25) is 0 Å². The summed E-state index contributed by atoms with van der Waals surface area (Å²) in [4.78, 5) is 43.3. The zero-order valence-corrected chi connectivity index (χ0v) is 22.7. The van der Waals surface area contributed by atoms with Crippen LogP contribution in [0.1, 0.15) is 42.9 Å².